The second kappa shape index (κ2) is 13.9. The number of nitrogens with zero attached hydrogens (tertiary/aromatic N) is 2. The minimum atomic E-state index is 0. The second-order valence-corrected chi connectivity index (χ2v) is 6.57. The molecule has 154 valence electrons. The summed E-state index contributed by atoms with van der Waals surface area (Å²) in [7, 11) is 1.66. The number of aliphatic imine (C=N–C) groups is 1. The molecule has 1 unspecified atom stereocenters. The molecule has 0 aromatic heterocycles. The number of rotatable bonds is 9. The van der Waals surface area contributed by atoms with Gasteiger partial charge in [0.15, 0.2) is 5.96 Å². The highest BCUT2D eigenvalue weighted by Crippen LogP contribution is 2.17. The summed E-state index contributed by atoms with van der Waals surface area (Å²) >= 11 is 0. The third kappa shape index (κ3) is 9.01. The van der Waals surface area contributed by atoms with Gasteiger partial charge in [0, 0.05) is 19.6 Å². The number of halogens is 1. The number of guanidine groups is 1. The Bertz CT molecular complexity index is 539. The monoisotopic (exact) mass is 490 g/mol. The van der Waals surface area contributed by atoms with Crippen LogP contribution >= 0.6 is 24.0 Å². The molecule has 0 radical (unpaired) electrons. The first kappa shape index (κ1) is 23.8. The molecule has 0 saturated carbocycles. The number of hydrogen-bond acceptors (Lipinski definition) is 4. The zero-order valence-corrected chi connectivity index (χ0v) is 19.2. The maximum Gasteiger partial charge on any atom is 0.191 e. The molecule has 1 saturated heterocycles. The van der Waals surface area contributed by atoms with Gasteiger partial charge in [0.2, 0.25) is 0 Å². The van der Waals surface area contributed by atoms with Crippen LogP contribution in [-0.4, -0.2) is 63.8 Å². The van der Waals surface area contributed by atoms with Crippen molar-refractivity contribution >= 4 is 29.9 Å². The number of likely N-dealkylation sites (tertiary alicyclic amines) is 1. The van der Waals surface area contributed by atoms with Crippen molar-refractivity contribution in [2.24, 2.45) is 10.9 Å². The van der Waals surface area contributed by atoms with Gasteiger partial charge in [0.05, 0.1) is 13.7 Å². The average molecular weight is 490 g/mol. The molecule has 0 amide bonds. The molecule has 2 N–H and O–H groups in total. The van der Waals surface area contributed by atoms with Crippen LogP contribution in [0.2, 0.25) is 0 Å². The number of ether oxygens (including phenoxy) is 2. The Hall–Kier alpha value is -1.22. The molecule has 1 aliphatic rings. The van der Waals surface area contributed by atoms with Gasteiger partial charge in [-0.2, -0.15) is 0 Å². The normalized spacial score (nSPS) is 17.7. The lowest BCUT2D eigenvalue weighted by Gasteiger charge is -2.31. The van der Waals surface area contributed by atoms with Crippen molar-refractivity contribution in [2.45, 2.75) is 26.7 Å². The van der Waals surface area contributed by atoms with Crippen LogP contribution in [0.1, 0.15) is 26.7 Å². The summed E-state index contributed by atoms with van der Waals surface area (Å²) in [5.74, 6) is 3.21. The zero-order chi connectivity index (χ0) is 18.6. The van der Waals surface area contributed by atoms with Gasteiger partial charge in [-0.25, -0.2) is 0 Å². The van der Waals surface area contributed by atoms with E-state index in [1.807, 2.05) is 24.3 Å². The fourth-order valence-corrected chi connectivity index (χ4v) is 3.16. The molecule has 0 bridgehead atoms. The summed E-state index contributed by atoms with van der Waals surface area (Å²) in [5, 5.41) is 6.67. The van der Waals surface area contributed by atoms with E-state index in [0.717, 1.165) is 37.1 Å². The lowest BCUT2D eigenvalue weighted by atomic mass is 9.98. The van der Waals surface area contributed by atoms with E-state index in [1.54, 1.807) is 7.11 Å². The predicted molar refractivity (Wildman–Crippen MR) is 123 cm³/mol. The largest absolute Gasteiger partial charge is 0.497 e. The summed E-state index contributed by atoms with van der Waals surface area (Å²) in [6.07, 6.45) is 2.56. The molecule has 0 spiro atoms. The molecule has 1 atom stereocenters. The fraction of sp³-hybridized carbons (Fsp3) is 0.650. The van der Waals surface area contributed by atoms with Crippen LogP contribution in [0, 0.1) is 5.92 Å². The van der Waals surface area contributed by atoms with Gasteiger partial charge in [-0.05, 0) is 63.0 Å². The molecular weight excluding hydrogens is 455 g/mol. The minimum absolute atomic E-state index is 0. The van der Waals surface area contributed by atoms with Crippen molar-refractivity contribution in [3.63, 3.8) is 0 Å². The Morgan fingerprint density at radius 2 is 1.93 bits per heavy atom. The summed E-state index contributed by atoms with van der Waals surface area (Å²) in [5.41, 5.74) is 0. The van der Waals surface area contributed by atoms with Gasteiger partial charge in [-0.1, -0.05) is 6.92 Å². The van der Waals surface area contributed by atoms with E-state index in [-0.39, 0.29) is 24.0 Å². The SMILES string of the molecule is CCNC(=NCC1CCCN(CC)C1)NCCOc1ccc(OC)cc1.I. The number of piperidine rings is 1. The van der Waals surface area contributed by atoms with E-state index in [0.29, 0.717) is 19.1 Å². The van der Waals surface area contributed by atoms with E-state index in [9.17, 15) is 0 Å². The average Bonchev–Trinajstić information content (AvgIpc) is 2.69. The highest BCUT2D eigenvalue weighted by molar-refractivity contribution is 14.0. The van der Waals surface area contributed by atoms with Crippen molar-refractivity contribution in [2.75, 3.05) is 53.0 Å². The Morgan fingerprint density at radius 3 is 2.59 bits per heavy atom. The number of methoxy groups -OCH3 is 1. The zero-order valence-electron chi connectivity index (χ0n) is 16.9. The van der Waals surface area contributed by atoms with Crippen molar-refractivity contribution in [3.05, 3.63) is 24.3 Å². The third-order valence-corrected chi connectivity index (χ3v) is 4.62. The predicted octanol–water partition coefficient (Wildman–Crippen LogP) is 2.98. The molecule has 0 aliphatic carbocycles. The molecule has 1 aromatic rings. The highest BCUT2D eigenvalue weighted by Gasteiger charge is 2.18. The van der Waals surface area contributed by atoms with Gasteiger partial charge in [-0.3, -0.25) is 4.99 Å². The van der Waals surface area contributed by atoms with Crippen LogP contribution in [0.3, 0.4) is 0 Å². The lowest BCUT2D eigenvalue weighted by Crippen LogP contribution is -2.41. The topological polar surface area (TPSA) is 58.1 Å². The van der Waals surface area contributed by atoms with Gasteiger partial charge >= 0.3 is 0 Å². The number of hydrogen-bond donors (Lipinski definition) is 2. The quantitative estimate of drug-likeness (QED) is 0.241. The second-order valence-electron chi connectivity index (χ2n) is 6.57. The molecule has 2 rings (SSSR count). The van der Waals surface area contributed by atoms with Crippen LogP contribution in [-0.2, 0) is 0 Å². The molecule has 1 heterocycles. The first-order chi connectivity index (χ1) is 12.7. The summed E-state index contributed by atoms with van der Waals surface area (Å²) in [6.45, 7) is 10.9. The maximum atomic E-state index is 5.75. The van der Waals surface area contributed by atoms with Crippen LogP contribution in [0.15, 0.2) is 29.3 Å². The van der Waals surface area contributed by atoms with E-state index >= 15 is 0 Å². The molecule has 27 heavy (non-hydrogen) atoms. The third-order valence-electron chi connectivity index (χ3n) is 4.62. The van der Waals surface area contributed by atoms with Crippen molar-refractivity contribution < 1.29 is 9.47 Å². The van der Waals surface area contributed by atoms with E-state index in [4.69, 9.17) is 14.5 Å². The first-order valence-corrected chi connectivity index (χ1v) is 9.76. The van der Waals surface area contributed by atoms with Gasteiger partial charge in [0.25, 0.3) is 0 Å². The van der Waals surface area contributed by atoms with Gasteiger partial charge in [0.1, 0.15) is 18.1 Å². The van der Waals surface area contributed by atoms with Crippen LogP contribution in [0.5, 0.6) is 11.5 Å². The smallest absolute Gasteiger partial charge is 0.191 e. The van der Waals surface area contributed by atoms with Crippen molar-refractivity contribution in [1.29, 1.82) is 0 Å². The number of benzene rings is 1. The lowest BCUT2D eigenvalue weighted by molar-refractivity contribution is 0.186. The van der Waals surface area contributed by atoms with E-state index < -0.39 is 0 Å². The molecule has 1 aliphatic heterocycles. The Labute approximate surface area is 181 Å². The van der Waals surface area contributed by atoms with Crippen LogP contribution in [0.4, 0.5) is 0 Å². The number of nitrogens with one attached hydrogen (secondary N) is 2. The molecule has 6 nitrogen and oxygen atoms in total. The maximum absolute atomic E-state index is 5.75. The minimum Gasteiger partial charge on any atom is -0.497 e. The highest BCUT2D eigenvalue weighted by atomic mass is 127. The fourth-order valence-electron chi connectivity index (χ4n) is 3.16. The Balaban J connectivity index is 0.00000364. The standard InChI is InChI=1S/C20H34N4O2.HI/c1-4-21-20(23-15-17-7-6-13-24(5-2)16-17)22-12-14-26-19-10-8-18(25-3)9-11-19;/h8-11,17H,4-7,12-16H2,1-3H3,(H2,21,22,23);1H. The van der Waals surface area contributed by atoms with Crippen LogP contribution < -0.4 is 20.1 Å². The Morgan fingerprint density at radius 1 is 1.19 bits per heavy atom. The summed E-state index contributed by atoms with van der Waals surface area (Å²) in [4.78, 5) is 7.29. The summed E-state index contributed by atoms with van der Waals surface area (Å²) < 4.78 is 10.9. The van der Waals surface area contributed by atoms with Gasteiger partial charge < -0.3 is 25.0 Å². The molecule has 1 aromatic carbocycles. The van der Waals surface area contributed by atoms with Crippen molar-refractivity contribution in [1.82, 2.24) is 15.5 Å². The Kier molecular flexibility index (Phi) is 12.2. The van der Waals surface area contributed by atoms with Crippen molar-refractivity contribution in [3.8, 4) is 11.5 Å². The van der Waals surface area contributed by atoms with E-state index in [2.05, 4.69) is 29.4 Å². The first-order valence-electron chi connectivity index (χ1n) is 9.76. The molecular formula is C20H35IN4O2. The summed E-state index contributed by atoms with van der Waals surface area (Å²) in [6, 6.07) is 7.64. The van der Waals surface area contributed by atoms with Gasteiger partial charge in [-0.15, -0.1) is 24.0 Å². The van der Waals surface area contributed by atoms with Crippen LogP contribution in [0.25, 0.3) is 0 Å². The molecule has 7 heteroatoms. The van der Waals surface area contributed by atoms with E-state index in [1.165, 1.54) is 25.9 Å². The molecule has 1 fully saturated rings.